The summed E-state index contributed by atoms with van der Waals surface area (Å²) in [6.07, 6.45) is 3.44. The molecule has 2 heterocycles. The van der Waals surface area contributed by atoms with Gasteiger partial charge in [-0.25, -0.2) is 9.67 Å². The van der Waals surface area contributed by atoms with Crippen molar-refractivity contribution < 1.29 is 4.74 Å². The fraction of sp³-hybridized carbons (Fsp3) is 0.200. The van der Waals surface area contributed by atoms with E-state index in [1.54, 1.807) is 23.1 Å². The highest BCUT2D eigenvalue weighted by atomic mass is 16.5. The maximum absolute atomic E-state index is 5.54. The third kappa shape index (κ3) is 1.90. The van der Waals surface area contributed by atoms with Crippen molar-refractivity contribution in [3.05, 3.63) is 30.6 Å². The molecule has 0 aliphatic carbocycles. The van der Waals surface area contributed by atoms with Crippen molar-refractivity contribution in [2.45, 2.75) is 6.92 Å². The van der Waals surface area contributed by atoms with Gasteiger partial charge in [-0.3, -0.25) is 0 Å². The summed E-state index contributed by atoms with van der Waals surface area (Å²) in [5.41, 5.74) is 5.54. The molecule has 0 amide bonds. The van der Waals surface area contributed by atoms with Crippen LogP contribution in [0.5, 0.6) is 5.75 Å². The highest BCUT2D eigenvalue weighted by Crippen LogP contribution is 2.19. The first-order valence-corrected chi connectivity index (χ1v) is 4.70. The molecule has 0 saturated carbocycles. The van der Waals surface area contributed by atoms with Crippen LogP contribution in [0, 0.1) is 0 Å². The molecule has 0 aromatic carbocycles. The number of ether oxygens (including phenoxy) is 1. The predicted molar refractivity (Wildman–Crippen MR) is 56.9 cm³/mol. The average Bonchev–Trinajstić information content (AvgIpc) is 2.66. The van der Waals surface area contributed by atoms with Crippen molar-refractivity contribution in [2.75, 3.05) is 12.3 Å². The summed E-state index contributed by atoms with van der Waals surface area (Å²) in [5.74, 6) is 1.81. The molecule has 2 rings (SSSR count). The lowest BCUT2D eigenvalue weighted by atomic mass is 10.4. The summed E-state index contributed by atoms with van der Waals surface area (Å²) in [7, 11) is 0. The lowest BCUT2D eigenvalue weighted by molar-refractivity contribution is 0.336. The Balaban J connectivity index is 2.42. The van der Waals surface area contributed by atoms with Gasteiger partial charge in [0.1, 0.15) is 5.82 Å². The van der Waals surface area contributed by atoms with Gasteiger partial charge in [-0.05, 0) is 19.1 Å². The van der Waals surface area contributed by atoms with Crippen LogP contribution in [-0.2, 0) is 0 Å². The molecule has 0 bridgehead atoms. The fourth-order valence-electron chi connectivity index (χ4n) is 1.28. The molecule has 15 heavy (non-hydrogen) atoms. The summed E-state index contributed by atoms with van der Waals surface area (Å²) in [6, 6.07) is 5.38. The molecule has 0 spiro atoms. The Hall–Kier alpha value is -2.04. The standard InChI is InChI=1S/C10H12N4O/c1-2-15-8-4-3-6-12-10(8)14-7-5-9(11)13-14/h3-7H,2H2,1H3,(H2,11,13). The molecule has 0 atom stereocenters. The SMILES string of the molecule is CCOc1cccnc1-n1ccc(N)n1. The number of nitrogens with two attached hydrogens (primary N) is 1. The second-order valence-corrected chi connectivity index (χ2v) is 2.94. The molecule has 0 saturated heterocycles. The maximum Gasteiger partial charge on any atom is 0.196 e. The van der Waals surface area contributed by atoms with E-state index >= 15 is 0 Å². The molecule has 0 aliphatic rings. The second-order valence-electron chi connectivity index (χ2n) is 2.94. The van der Waals surface area contributed by atoms with Crippen molar-refractivity contribution in [1.82, 2.24) is 14.8 Å². The van der Waals surface area contributed by atoms with E-state index in [0.717, 1.165) is 0 Å². The molecule has 0 radical (unpaired) electrons. The summed E-state index contributed by atoms with van der Waals surface area (Å²) in [6.45, 7) is 2.52. The first kappa shape index (κ1) is 9.51. The average molecular weight is 204 g/mol. The molecular formula is C10H12N4O. The van der Waals surface area contributed by atoms with Crippen LogP contribution in [0.25, 0.3) is 5.82 Å². The number of aromatic nitrogens is 3. The van der Waals surface area contributed by atoms with Gasteiger partial charge in [-0.1, -0.05) is 0 Å². The molecule has 5 heteroatoms. The maximum atomic E-state index is 5.54. The normalized spacial score (nSPS) is 10.2. The van der Waals surface area contributed by atoms with Crippen molar-refractivity contribution in [2.24, 2.45) is 0 Å². The van der Waals surface area contributed by atoms with E-state index in [0.29, 0.717) is 24.0 Å². The number of rotatable bonds is 3. The number of nitrogen functional groups attached to an aromatic ring is 1. The van der Waals surface area contributed by atoms with Crippen LogP contribution >= 0.6 is 0 Å². The Bertz CT molecular complexity index is 452. The zero-order chi connectivity index (χ0) is 10.7. The van der Waals surface area contributed by atoms with E-state index in [4.69, 9.17) is 10.5 Å². The van der Waals surface area contributed by atoms with Gasteiger partial charge in [0.2, 0.25) is 0 Å². The van der Waals surface area contributed by atoms with E-state index < -0.39 is 0 Å². The van der Waals surface area contributed by atoms with Crippen molar-refractivity contribution in [3.8, 4) is 11.6 Å². The largest absolute Gasteiger partial charge is 0.490 e. The number of anilines is 1. The molecule has 0 fully saturated rings. The Morgan fingerprint density at radius 1 is 1.47 bits per heavy atom. The first-order chi connectivity index (χ1) is 7.31. The van der Waals surface area contributed by atoms with E-state index in [-0.39, 0.29) is 0 Å². The van der Waals surface area contributed by atoms with Gasteiger partial charge in [-0.2, -0.15) is 0 Å². The van der Waals surface area contributed by atoms with Gasteiger partial charge in [-0.15, -0.1) is 5.10 Å². The van der Waals surface area contributed by atoms with Gasteiger partial charge in [0.15, 0.2) is 11.6 Å². The number of hydrogen-bond acceptors (Lipinski definition) is 4. The van der Waals surface area contributed by atoms with E-state index in [2.05, 4.69) is 10.1 Å². The minimum atomic E-state index is 0.461. The van der Waals surface area contributed by atoms with E-state index in [1.165, 1.54) is 0 Å². The Morgan fingerprint density at radius 3 is 3.00 bits per heavy atom. The zero-order valence-corrected chi connectivity index (χ0v) is 8.42. The van der Waals surface area contributed by atoms with Crippen molar-refractivity contribution in [1.29, 1.82) is 0 Å². The molecule has 2 aromatic heterocycles. The summed E-state index contributed by atoms with van der Waals surface area (Å²) >= 11 is 0. The highest BCUT2D eigenvalue weighted by molar-refractivity contribution is 5.40. The van der Waals surface area contributed by atoms with Crippen molar-refractivity contribution in [3.63, 3.8) is 0 Å². The lowest BCUT2D eigenvalue weighted by Gasteiger charge is -2.07. The second kappa shape index (κ2) is 4.00. The Morgan fingerprint density at radius 2 is 2.33 bits per heavy atom. The van der Waals surface area contributed by atoms with Gasteiger partial charge in [0.05, 0.1) is 6.61 Å². The summed E-state index contributed by atoms with van der Waals surface area (Å²) in [5, 5.41) is 4.08. The Kier molecular flexibility index (Phi) is 2.53. The molecule has 0 unspecified atom stereocenters. The predicted octanol–water partition coefficient (Wildman–Crippen LogP) is 1.25. The van der Waals surface area contributed by atoms with Crippen LogP contribution in [0.4, 0.5) is 5.82 Å². The quantitative estimate of drug-likeness (QED) is 0.817. The fourth-order valence-corrected chi connectivity index (χ4v) is 1.28. The molecular weight excluding hydrogens is 192 g/mol. The number of pyridine rings is 1. The molecule has 2 aromatic rings. The molecule has 0 aliphatic heterocycles. The van der Waals surface area contributed by atoms with Crippen LogP contribution in [-0.4, -0.2) is 21.4 Å². The van der Waals surface area contributed by atoms with Crippen molar-refractivity contribution >= 4 is 5.82 Å². The number of hydrogen-bond donors (Lipinski definition) is 1. The third-order valence-corrected chi connectivity index (χ3v) is 1.88. The van der Waals surface area contributed by atoms with E-state index in [9.17, 15) is 0 Å². The minimum absolute atomic E-state index is 0.461. The van der Waals surface area contributed by atoms with Gasteiger partial charge in [0, 0.05) is 18.5 Å². The topological polar surface area (TPSA) is 66.0 Å². The van der Waals surface area contributed by atoms with E-state index in [1.807, 2.05) is 19.1 Å². The van der Waals surface area contributed by atoms with Crippen LogP contribution < -0.4 is 10.5 Å². The minimum Gasteiger partial charge on any atom is -0.490 e. The summed E-state index contributed by atoms with van der Waals surface area (Å²) in [4.78, 5) is 4.20. The van der Waals surface area contributed by atoms with Crippen LogP contribution in [0.1, 0.15) is 6.92 Å². The van der Waals surface area contributed by atoms with Crippen LogP contribution in [0.15, 0.2) is 30.6 Å². The van der Waals surface area contributed by atoms with Gasteiger partial charge < -0.3 is 10.5 Å². The third-order valence-electron chi connectivity index (χ3n) is 1.88. The van der Waals surface area contributed by atoms with Crippen LogP contribution in [0.3, 0.4) is 0 Å². The highest BCUT2D eigenvalue weighted by Gasteiger charge is 2.06. The first-order valence-electron chi connectivity index (χ1n) is 4.70. The summed E-state index contributed by atoms with van der Waals surface area (Å²) < 4.78 is 7.03. The zero-order valence-electron chi connectivity index (χ0n) is 8.42. The smallest absolute Gasteiger partial charge is 0.196 e. The molecule has 2 N–H and O–H groups in total. The van der Waals surface area contributed by atoms with Crippen LogP contribution in [0.2, 0.25) is 0 Å². The monoisotopic (exact) mass is 204 g/mol. The van der Waals surface area contributed by atoms with Gasteiger partial charge in [0.25, 0.3) is 0 Å². The lowest BCUT2D eigenvalue weighted by Crippen LogP contribution is -2.03. The number of nitrogens with zero attached hydrogens (tertiary/aromatic N) is 3. The van der Waals surface area contributed by atoms with Gasteiger partial charge >= 0.3 is 0 Å². The molecule has 5 nitrogen and oxygen atoms in total. The molecule has 78 valence electrons. The Labute approximate surface area is 87.5 Å².